The summed E-state index contributed by atoms with van der Waals surface area (Å²) in [6.07, 6.45) is 0. The maximum atomic E-state index is 11.6. The quantitative estimate of drug-likeness (QED) is 0.616. The Hall–Kier alpha value is -1.57. The van der Waals surface area contributed by atoms with Crippen LogP contribution >= 0.6 is 22.9 Å². The number of thiophene rings is 1. The average molecular weight is 298 g/mol. The average Bonchev–Trinajstić information content (AvgIpc) is 2.83. The summed E-state index contributed by atoms with van der Waals surface area (Å²) in [5.74, 6) is -0.423. The molecule has 2 amide bonds. The summed E-state index contributed by atoms with van der Waals surface area (Å²) >= 11 is 7.47. The van der Waals surface area contributed by atoms with Crippen LogP contribution in [0.2, 0.25) is 5.15 Å². The van der Waals surface area contributed by atoms with E-state index in [-0.39, 0.29) is 31.6 Å². The summed E-state index contributed by atoms with van der Waals surface area (Å²) in [5.41, 5.74) is 0. The van der Waals surface area contributed by atoms with Gasteiger partial charge in [0.25, 0.3) is 11.8 Å². The van der Waals surface area contributed by atoms with E-state index >= 15 is 0 Å². The molecule has 0 N–H and O–H groups in total. The zero-order chi connectivity index (χ0) is 13.4. The lowest BCUT2D eigenvalue weighted by Crippen LogP contribution is -2.45. The van der Waals surface area contributed by atoms with Gasteiger partial charge in [-0.05, 0) is 11.4 Å². The van der Waals surface area contributed by atoms with Gasteiger partial charge in [-0.15, -0.1) is 11.3 Å². The van der Waals surface area contributed by atoms with Crippen molar-refractivity contribution in [2.45, 2.75) is 6.54 Å². The van der Waals surface area contributed by atoms with Crippen molar-refractivity contribution in [2.24, 2.45) is 0 Å². The highest BCUT2D eigenvalue weighted by Crippen LogP contribution is 2.25. The summed E-state index contributed by atoms with van der Waals surface area (Å²) in [7, 11) is 0. The van der Waals surface area contributed by atoms with E-state index in [4.69, 9.17) is 16.3 Å². The number of imide groups is 1. The maximum Gasteiger partial charge on any atom is 0.255 e. The van der Waals surface area contributed by atoms with E-state index < -0.39 is 0 Å². The standard InChI is InChI=1S/C11H8ClN3O3S/c12-10-6-1-2-19-11(6)14-7(13-10)3-15-8(16)4-18-5-9(15)17/h1-2H,3-5H2. The number of amides is 2. The molecule has 0 saturated carbocycles. The van der Waals surface area contributed by atoms with E-state index in [2.05, 4.69) is 9.97 Å². The molecule has 2 aromatic heterocycles. The van der Waals surface area contributed by atoms with Crippen molar-refractivity contribution in [1.29, 1.82) is 0 Å². The van der Waals surface area contributed by atoms with E-state index in [1.54, 1.807) is 0 Å². The van der Waals surface area contributed by atoms with Crippen LogP contribution in [0.25, 0.3) is 10.2 Å². The van der Waals surface area contributed by atoms with Crippen LogP contribution in [0.15, 0.2) is 11.4 Å². The molecule has 3 heterocycles. The van der Waals surface area contributed by atoms with Crippen LogP contribution in [0.5, 0.6) is 0 Å². The van der Waals surface area contributed by atoms with Crippen LogP contribution in [-0.2, 0) is 20.9 Å². The van der Waals surface area contributed by atoms with Crippen LogP contribution in [0.4, 0.5) is 0 Å². The third-order valence-electron chi connectivity index (χ3n) is 2.68. The molecule has 0 atom stereocenters. The summed E-state index contributed by atoms with van der Waals surface area (Å²) in [6, 6.07) is 1.83. The molecule has 0 aromatic carbocycles. The number of carbonyl (C=O) groups excluding carboxylic acids is 2. The Bertz CT molecular complexity index is 656. The number of nitrogens with zero attached hydrogens (tertiary/aromatic N) is 3. The lowest BCUT2D eigenvalue weighted by molar-refractivity contribution is -0.159. The fourth-order valence-electron chi connectivity index (χ4n) is 1.77. The summed E-state index contributed by atoms with van der Waals surface area (Å²) < 4.78 is 4.84. The molecule has 1 fully saturated rings. The SMILES string of the molecule is O=C1COCC(=O)N1Cc1nc(Cl)c2ccsc2n1. The molecule has 1 aliphatic heterocycles. The number of ether oxygens (including phenoxy) is 1. The lowest BCUT2D eigenvalue weighted by Gasteiger charge is -2.24. The molecular formula is C11H8ClN3O3S. The first-order valence-corrected chi connectivity index (χ1v) is 6.71. The first-order chi connectivity index (χ1) is 9.15. The van der Waals surface area contributed by atoms with Gasteiger partial charge in [0, 0.05) is 5.39 Å². The maximum absolute atomic E-state index is 11.6. The number of hydrogen-bond acceptors (Lipinski definition) is 6. The number of rotatable bonds is 2. The van der Waals surface area contributed by atoms with E-state index in [0.717, 1.165) is 15.1 Å². The van der Waals surface area contributed by atoms with Gasteiger partial charge in [-0.1, -0.05) is 11.6 Å². The molecule has 98 valence electrons. The second-order valence-corrected chi connectivity index (χ2v) is 5.19. The van der Waals surface area contributed by atoms with Crippen LogP contribution < -0.4 is 0 Å². The highest BCUT2D eigenvalue weighted by atomic mass is 35.5. The van der Waals surface area contributed by atoms with Crippen molar-refractivity contribution in [2.75, 3.05) is 13.2 Å². The molecule has 0 spiro atoms. The highest BCUT2D eigenvalue weighted by Gasteiger charge is 2.27. The summed E-state index contributed by atoms with van der Waals surface area (Å²) in [6.45, 7) is -0.171. The number of fused-ring (bicyclic) bond motifs is 1. The van der Waals surface area contributed by atoms with Crippen LogP contribution in [0, 0.1) is 0 Å². The van der Waals surface area contributed by atoms with Crippen molar-refractivity contribution in [3.05, 3.63) is 22.4 Å². The highest BCUT2D eigenvalue weighted by molar-refractivity contribution is 7.16. The fraction of sp³-hybridized carbons (Fsp3) is 0.273. The van der Waals surface area contributed by atoms with Crippen molar-refractivity contribution >= 4 is 45.0 Å². The van der Waals surface area contributed by atoms with Gasteiger partial charge in [-0.3, -0.25) is 14.5 Å². The Morgan fingerprint density at radius 3 is 2.79 bits per heavy atom. The van der Waals surface area contributed by atoms with Crippen LogP contribution in [-0.4, -0.2) is 39.9 Å². The molecule has 8 heteroatoms. The Morgan fingerprint density at radius 2 is 2.05 bits per heavy atom. The largest absolute Gasteiger partial charge is 0.362 e. The van der Waals surface area contributed by atoms with Gasteiger partial charge < -0.3 is 4.74 Å². The molecule has 6 nitrogen and oxygen atoms in total. The van der Waals surface area contributed by atoms with E-state index in [1.165, 1.54) is 11.3 Å². The van der Waals surface area contributed by atoms with Crippen molar-refractivity contribution in [1.82, 2.24) is 14.9 Å². The summed E-state index contributed by atoms with van der Waals surface area (Å²) in [4.78, 5) is 33.4. The molecular weight excluding hydrogens is 290 g/mol. The van der Waals surface area contributed by atoms with Gasteiger partial charge in [-0.2, -0.15) is 0 Å². The molecule has 19 heavy (non-hydrogen) atoms. The van der Waals surface area contributed by atoms with Crippen molar-refractivity contribution in [3.8, 4) is 0 Å². The first-order valence-electron chi connectivity index (χ1n) is 5.45. The van der Waals surface area contributed by atoms with Gasteiger partial charge >= 0.3 is 0 Å². The van der Waals surface area contributed by atoms with Gasteiger partial charge in [0.15, 0.2) is 5.82 Å². The Balaban J connectivity index is 1.92. The Labute approximate surface area is 117 Å². The first kappa shape index (κ1) is 12.5. The van der Waals surface area contributed by atoms with E-state index in [9.17, 15) is 9.59 Å². The minimum Gasteiger partial charge on any atom is -0.362 e. The Kier molecular flexibility index (Phi) is 3.17. The van der Waals surface area contributed by atoms with Crippen LogP contribution in [0.1, 0.15) is 5.82 Å². The lowest BCUT2D eigenvalue weighted by atomic mass is 10.3. The molecule has 3 rings (SSSR count). The predicted octanol–water partition coefficient (Wildman–Crippen LogP) is 1.23. The smallest absolute Gasteiger partial charge is 0.255 e. The number of aromatic nitrogens is 2. The van der Waals surface area contributed by atoms with Gasteiger partial charge in [0.1, 0.15) is 23.2 Å². The number of morpholine rings is 1. The molecule has 0 bridgehead atoms. The minimum atomic E-state index is -0.387. The molecule has 1 aliphatic rings. The monoisotopic (exact) mass is 297 g/mol. The number of hydrogen-bond donors (Lipinski definition) is 0. The zero-order valence-corrected chi connectivity index (χ0v) is 11.2. The van der Waals surface area contributed by atoms with Crippen molar-refractivity contribution < 1.29 is 14.3 Å². The third-order valence-corrected chi connectivity index (χ3v) is 3.77. The topological polar surface area (TPSA) is 72.4 Å². The summed E-state index contributed by atoms with van der Waals surface area (Å²) in [5, 5.41) is 2.96. The normalized spacial score (nSPS) is 16.4. The molecule has 0 radical (unpaired) electrons. The van der Waals surface area contributed by atoms with Crippen LogP contribution in [0.3, 0.4) is 0 Å². The molecule has 0 unspecified atom stereocenters. The second-order valence-electron chi connectivity index (χ2n) is 3.94. The van der Waals surface area contributed by atoms with Gasteiger partial charge in [0.2, 0.25) is 0 Å². The van der Waals surface area contributed by atoms with Crippen molar-refractivity contribution in [3.63, 3.8) is 0 Å². The van der Waals surface area contributed by atoms with E-state index in [1.807, 2.05) is 11.4 Å². The van der Waals surface area contributed by atoms with Gasteiger partial charge in [0.05, 0.1) is 6.54 Å². The van der Waals surface area contributed by atoms with Gasteiger partial charge in [-0.25, -0.2) is 9.97 Å². The number of carbonyl (C=O) groups is 2. The molecule has 1 saturated heterocycles. The third kappa shape index (κ3) is 2.32. The van der Waals surface area contributed by atoms with E-state index in [0.29, 0.717) is 11.0 Å². The predicted molar refractivity (Wildman–Crippen MR) is 68.8 cm³/mol. The minimum absolute atomic E-state index is 0.0224. The second kappa shape index (κ2) is 4.84. The molecule has 0 aliphatic carbocycles. The number of halogens is 1. The zero-order valence-electron chi connectivity index (χ0n) is 9.63. The molecule has 2 aromatic rings. The Morgan fingerprint density at radius 1 is 1.32 bits per heavy atom. The fourth-order valence-corrected chi connectivity index (χ4v) is 2.86.